The number of nitriles is 1. The number of nitrogens with zero attached hydrogens (tertiary/aromatic N) is 3. The van der Waals surface area contributed by atoms with Gasteiger partial charge in [-0.2, -0.15) is 5.26 Å². The van der Waals surface area contributed by atoms with Crippen molar-refractivity contribution in [2.45, 2.75) is 81.6 Å². The minimum Gasteiger partial charge on any atom is -0.461 e. The van der Waals surface area contributed by atoms with Gasteiger partial charge in [0.05, 0.1) is 29.2 Å². The molecular formula is C37H40N3O4S2+. The molecule has 46 heavy (non-hydrogen) atoms. The fourth-order valence-electron chi connectivity index (χ4n) is 9.02. The fraction of sp³-hybridized carbons (Fsp3) is 0.486. The Morgan fingerprint density at radius 3 is 2.72 bits per heavy atom. The maximum Gasteiger partial charge on any atom is 0.316 e. The van der Waals surface area contributed by atoms with Crippen molar-refractivity contribution < 1.29 is 23.6 Å². The molecule has 0 N–H and O–H groups in total. The van der Waals surface area contributed by atoms with Crippen LogP contribution in [-0.4, -0.2) is 40.3 Å². The highest BCUT2D eigenvalue weighted by Crippen LogP contribution is 2.70. The van der Waals surface area contributed by atoms with Crippen molar-refractivity contribution in [3.63, 3.8) is 0 Å². The highest BCUT2D eigenvalue weighted by molar-refractivity contribution is 8.01. The summed E-state index contributed by atoms with van der Waals surface area (Å²) in [5.74, 6) is 0.592. The van der Waals surface area contributed by atoms with E-state index in [1.165, 1.54) is 23.1 Å². The minimum atomic E-state index is -0.500. The smallest absolute Gasteiger partial charge is 0.316 e. The number of esters is 1. The second-order valence-electron chi connectivity index (χ2n) is 14.0. The molecule has 4 fully saturated rings. The number of benzene rings is 1. The molecule has 0 spiro atoms. The number of carbonyl (C=O) groups excluding carboxylic acids is 2. The number of pyridine rings is 1. The molecule has 1 aliphatic heterocycles. The van der Waals surface area contributed by atoms with Gasteiger partial charge in [-0.25, -0.2) is 9.55 Å². The number of hydrogen-bond donors (Lipinski definition) is 0. The van der Waals surface area contributed by atoms with Crippen molar-refractivity contribution in [2.24, 2.45) is 28.6 Å². The Balaban J connectivity index is 1.03. The van der Waals surface area contributed by atoms with E-state index >= 15 is 0 Å². The first-order valence-corrected chi connectivity index (χ1v) is 18.1. The first kappa shape index (κ1) is 31.3. The van der Waals surface area contributed by atoms with Gasteiger partial charge in [0.1, 0.15) is 17.5 Å². The molecule has 3 saturated carbocycles. The Morgan fingerprint density at radius 1 is 1.24 bits per heavy atom. The summed E-state index contributed by atoms with van der Waals surface area (Å²) in [5.41, 5.74) is 2.58. The van der Waals surface area contributed by atoms with Gasteiger partial charge in [0.25, 0.3) is 0 Å². The number of epoxide rings is 1. The van der Waals surface area contributed by atoms with E-state index in [0.29, 0.717) is 30.7 Å². The third-order valence-electron chi connectivity index (χ3n) is 11.8. The molecule has 238 valence electrons. The van der Waals surface area contributed by atoms with Crippen molar-refractivity contribution >= 4 is 34.9 Å². The molecule has 4 aliphatic rings. The molecule has 8 atom stereocenters. The summed E-state index contributed by atoms with van der Waals surface area (Å²) in [5, 5.41) is 11.0. The molecule has 1 aromatic carbocycles. The standard InChI is InChI=1S/C37H40N3O4S2/c1-5-37-18-30(35(4)23(2)10-14-36(24(3)33(37)44-37)15-11-29(41)32(35)36)43-31(42)22-46-34-39-28(21-45-34)27-12-16-40(17-13-27)20-26-8-6-25(19-38)7-9-26/h5-9,12-13,16-17,21,23-24,30,32-33H,1,10-11,14-15,18,20,22H2,2-4H3/q+1/t23-,24+,30-,32+,33+,35+,36?,37+/m1/s1. The number of hydrogen-bond acceptors (Lipinski definition) is 8. The first-order valence-electron chi connectivity index (χ1n) is 16.2. The molecule has 2 bridgehead atoms. The predicted octanol–water partition coefficient (Wildman–Crippen LogP) is 6.79. The fourth-order valence-corrected chi connectivity index (χ4v) is 10.6. The van der Waals surface area contributed by atoms with Gasteiger partial charge in [-0.1, -0.05) is 50.7 Å². The maximum atomic E-state index is 13.6. The molecule has 3 heterocycles. The van der Waals surface area contributed by atoms with Crippen LogP contribution in [0, 0.1) is 39.9 Å². The quantitative estimate of drug-likeness (QED) is 0.0868. The van der Waals surface area contributed by atoms with E-state index in [1.807, 2.05) is 60.2 Å². The molecule has 7 nitrogen and oxygen atoms in total. The largest absolute Gasteiger partial charge is 0.461 e. The van der Waals surface area contributed by atoms with Gasteiger partial charge in [0.2, 0.25) is 0 Å². The Bertz CT molecular complexity index is 1720. The van der Waals surface area contributed by atoms with Crippen molar-refractivity contribution in [1.82, 2.24) is 4.98 Å². The van der Waals surface area contributed by atoms with Crippen molar-refractivity contribution in [3.8, 4) is 17.3 Å². The summed E-state index contributed by atoms with van der Waals surface area (Å²) in [6.45, 7) is 11.6. The molecule has 1 unspecified atom stereocenters. The third kappa shape index (κ3) is 5.14. The summed E-state index contributed by atoms with van der Waals surface area (Å²) < 4.78 is 15.7. The average molecular weight is 655 g/mol. The molecule has 7 rings (SSSR count). The zero-order chi connectivity index (χ0) is 32.3. The van der Waals surface area contributed by atoms with E-state index in [-0.39, 0.29) is 41.0 Å². The lowest BCUT2D eigenvalue weighted by Crippen LogP contribution is -2.60. The zero-order valence-electron chi connectivity index (χ0n) is 26.6. The van der Waals surface area contributed by atoms with Crippen molar-refractivity contribution in [3.05, 3.63) is 78.0 Å². The van der Waals surface area contributed by atoms with Gasteiger partial charge in [-0.3, -0.25) is 9.59 Å². The van der Waals surface area contributed by atoms with Crippen molar-refractivity contribution in [2.75, 3.05) is 5.75 Å². The summed E-state index contributed by atoms with van der Waals surface area (Å²) in [4.78, 5) is 31.9. The molecule has 9 heteroatoms. The van der Waals surface area contributed by atoms with Crippen LogP contribution in [0.15, 0.2) is 71.2 Å². The predicted molar refractivity (Wildman–Crippen MR) is 177 cm³/mol. The Hall–Kier alpha value is -3.32. The number of ketones is 1. The van der Waals surface area contributed by atoms with Gasteiger partial charge in [0.15, 0.2) is 23.3 Å². The van der Waals surface area contributed by atoms with Crippen LogP contribution in [0.25, 0.3) is 11.3 Å². The van der Waals surface area contributed by atoms with Gasteiger partial charge < -0.3 is 9.47 Å². The number of aromatic nitrogens is 2. The number of ether oxygens (including phenoxy) is 2. The van der Waals surface area contributed by atoms with Crippen LogP contribution in [0.2, 0.25) is 0 Å². The lowest BCUT2D eigenvalue weighted by Gasteiger charge is -2.58. The van der Waals surface area contributed by atoms with Gasteiger partial charge in [0, 0.05) is 52.8 Å². The summed E-state index contributed by atoms with van der Waals surface area (Å²) >= 11 is 2.91. The van der Waals surface area contributed by atoms with Gasteiger partial charge in [-0.05, 0) is 48.6 Å². The molecule has 3 aliphatic carbocycles. The summed E-state index contributed by atoms with van der Waals surface area (Å²) in [6, 6.07) is 13.8. The molecule has 0 radical (unpaired) electrons. The zero-order valence-corrected chi connectivity index (χ0v) is 28.2. The van der Waals surface area contributed by atoms with Crippen LogP contribution in [0.4, 0.5) is 0 Å². The lowest BCUT2D eigenvalue weighted by atomic mass is 9.45. The highest BCUT2D eigenvalue weighted by atomic mass is 32.2. The number of thioether (sulfide) groups is 1. The van der Waals surface area contributed by atoms with Crippen LogP contribution in [0.3, 0.4) is 0 Å². The van der Waals surface area contributed by atoms with E-state index in [4.69, 9.17) is 19.7 Å². The van der Waals surface area contributed by atoms with E-state index in [9.17, 15) is 9.59 Å². The van der Waals surface area contributed by atoms with E-state index < -0.39 is 17.1 Å². The molecular weight excluding hydrogens is 615 g/mol. The number of carbonyl (C=O) groups is 2. The number of Topliss-reactive ketones (excluding diaryl/α,β-unsaturated/α-hetero) is 1. The Morgan fingerprint density at radius 2 is 2.00 bits per heavy atom. The summed E-state index contributed by atoms with van der Waals surface area (Å²) in [6.07, 6.45) is 9.64. The summed E-state index contributed by atoms with van der Waals surface area (Å²) in [7, 11) is 0. The Labute approximate surface area is 279 Å². The third-order valence-corrected chi connectivity index (χ3v) is 13.8. The number of fused-ring (bicyclic) bond motifs is 1. The van der Waals surface area contributed by atoms with E-state index in [2.05, 4.69) is 38.0 Å². The minimum absolute atomic E-state index is 0.0177. The normalized spacial score (nSPS) is 34.4. The number of thiazole rings is 1. The van der Waals surface area contributed by atoms with Crippen LogP contribution in [-0.2, 0) is 25.6 Å². The second kappa shape index (κ2) is 11.7. The van der Waals surface area contributed by atoms with Crippen LogP contribution in [0.5, 0.6) is 0 Å². The monoisotopic (exact) mass is 654 g/mol. The van der Waals surface area contributed by atoms with E-state index in [0.717, 1.165) is 40.4 Å². The topological polar surface area (TPSA) is 96.5 Å². The molecule has 0 amide bonds. The van der Waals surface area contributed by atoms with Crippen LogP contribution >= 0.6 is 23.1 Å². The van der Waals surface area contributed by atoms with Gasteiger partial charge >= 0.3 is 5.97 Å². The maximum absolute atomic E-state index is 13.6. The average Bonchev–Trinajstić information content (AvgIpc) is 3.37. The van der Waals surface area contributed by atoms with Gasteiger partial charge in [-0.15, -0.1) is 17.9 Å². The van der Waals surface area contributed by atoms with Crippen molar-refractivity contribution in [1.29, 1.82) is 5.26 Å². The molecule has 3 aromatic rings. The SMILES string of the molecule is C=C[C@]12C[C@@H](OC(=O)CSc3nc(-c4cc[n+](Cc5ccc(C#N)cc5)cc4)cs3)[C@]3(C)[C@H](C)CCC4(CCC(=O)[C@H]43)[C@@H](C)[C@@H]1O2. The Kier molecular flexibility index (Phi) is 7.98. The molecule has 1 saturated heterocycles. The highest BCUT2D eigenvalue weighted by Gasteiger charge is 2.73. The van der Waals surface area contributed by atoms with Crippen LogP contribution < -0.4 is 4.57 Å². The van der Waals surface area contributed by atoms with Crippen LogP contribution in [0.1, 0.15) is 64.0 Å². The second-order valence-corrected chi connectivity index (χ2v) is 16.0. The number of rotatable bonds is 8. The van der Waals surface area contributed by atoms with E-state index in [1.54, 1.807) is 0 Å². The first-order chi connectivity index (χ1) is 22.1. The molecule has 2 aromatic heterocycles. The lowest BCUT2D eigenvalue weighted by molar-refractivity contribution is -0.688.